The quantitative estimate of drug-likeness (QED) is 0.256. The molecule has 0 saturated carbocycles. The van der Waals surface area contributed by atoms with E-state index in [0.29, 0.717) is 5.78 Å². The van der Waals surface area contributed by atoms with Crippen LogP contribution in [0.25, 0.3) is 0 Å². The summed E-state index contributed by atoms with van der Waals surface area (Å²) in [5.74, 6) is 0.336. The predicted octanol–water partition coefficient (Wildman–Crippen LogP) is 3.73. The maximum Gasteiger partial charge on any atom is 1.00 e. The summed E-state index contributed by atoms with van der Waals surface area (Å²) < 4.78 is 0. The van der Waals surface area contributed by atoms with Gasteiger partial charge in [-0.3, -0.25) is 0 Å². The van der Waals surface area contributed by atoms with Crippen LogP contribution in [0.1, 0.15) is 105 Å². The molecule has 0 unspecified atom stereocenters. The van der Waals surface area contributed by atoms with Crippen molar-refractivity contribution < 1.29 is 35.8 Å². The molecule has 0 aliphatic carbocycles. The first kappa shape index (κ1) is 23.7. The van der Waals surface area contributed by atoms with E-state index in [0.717, 1.165) is 12.8 Å². The second-order valence-corrected chi connectivity index (χ2v) is 6.04. The summed E-state index contributed by atoms with van der Waals surface area (Å²) >= 11 is 0. The van der Waals surface area contributed by atoms with Crippen molar-refractivity contribution in [2.45, 2.75) is 104 Å². The summed E-state index contributed by atoms with van der Waals surface area (Å²) in [6, 6.07) is 0. The molecule has 0 amide bonds. The Bertz CT molecular complexity index is 242. The SMILES string of the molecule is CCCCCCCC/C=C\CCCCCCCC(C)=O.[H-].[Na+]. The fourth-order valence-electron chi connectivity index (χ4n) is 2.44. The average Bonchev–Trinajstić information content (AvgIpc) is 2.43. The summed E-state index contributed by atoms with van der Waals surface area (Å²) in [6.45, 7) is 3.96. The molecule has 0 rings (SSSR count). The molecule has 1 nitrogen and oxygen atoms in total. The number of hydrogen-bond donors (Lipinski definition) is 0. The second kappa shape index (κ2) is 20.4. The van der Waals surface area contributed by atoms with Gasteiger partial charge in [-0.15, -0.1) is 0 Å². The van der Waals surface area contributed by atoms with E-state index in [2.05, 4.69) is 19.1 Å². The topological polar surface area (TPSA) is 17.1 Å². The molecule has 0 saturated heterocycles. The second-order valence-electron chi connectivity index (χ2n) is 6.04. The van der Waals surface area contributed by atoms with Gasteiger partial charge < -0.3 is 6.22 Å². The van der Waals surface area contributed by atoms with Crippen molar-refractivity contribution in [3.63, 3.8) is 0 Å². The van der Waals surface area contributed by atoms with Gasteiger partial charge >= 0.3 is 29.6 Å². The molecular formula is C19H37NaO. The molecule has 0 radical (unpaired) electrons. The van der Waals surface area contributed by atoms with E-state index in [9.17, 15) is 4.79 Å². The van der Waals surface area contributed by atoms with Gasteiger partial charge in [0.1, 0.15) is 5.78 Å². The minimum Gasteiger partial charge on any atom is -1.00 e. The van der Waals surface area contributed by atoms with Crippen molar-refractivity contribution in [3.05, 3.63) is 12.2 Å². The number of hydrogen-bond acceptors (Lipinski definition) is 1. The minimum atomic E-state index is 0. The summed E-state index contributed by atoms with van der Waals surface area (Å²) in [7, 11) is 0. The zero-order valence-corrected chi connectivity index (χ0v) is 17.0. The Morgan fingerprint density at radius 1 is 0.762 bits per heavy atom. The van der Waals surface area contributed by atoms with Gasteiger partial charge in [-0.1, -0.05) is 70.4 Å². The largest absolute Gasteiger partial charge is 1.00 e. The molecule has 0 aliphatic rings. The third-order valence-electron chi connectivity index (χ3n) is 3.79. The number of Topliss-reactive ketones (excluding diaryl/α,β-unsaturated/α-hetero) is 1. The Morgan fingerprint density at radius 3 is 1.67 bits per heavy atom. The third kappa shape index (κ3) is 22.8. The molecule has 0 bridgehead atoms. The first-order valence-electron chi connectivity index (χ1n) is 8.91. The van der Waals surface area contributed by atoms with Crippen LogP contribution in [-0.4, -0.2) is 5.78 Å². The van der Waals surface area contributed by atoms with Gasteiger partial charge in [0.2, 0.25) is 0 Å². The Kier molecular flexibility index (Phi) is 23.0. The van der Waals surface area contributed by atoms with Crippen molar-refractivity contribution >= 4 is 5.78 Å². The fraction of sp³-hybridized carbons (Fsp3) is 0.842. The van der Waals surface area contributed by atoms with E-state index >= 15 is 0 Å². The summed E-state index contributed by atoms with van der Waals surface area (Å²) in [6.07, 6.45) is 22.6. The summed E-state index contributed by atoms with van der Waals surface area (Å²) in [5, 5.41) is 0. The first-order chi connectivity index (χ1) is 9.77. The predicted molar refractivity (Wildman–Crippen MR) is 91.2 cm³/mol. The molecule has 0 aromatic rings. The van der Waals surface area contributed by atoms with E-state index in [4.69, 9.17) is 0 Å². The molecule has 2 heteroatoms. The zero-order chi connectivity index (χ0) is 14.9. The van der Waals surface area contributed by atoms with E-state index in [1.165, 1.54) is 77.0 Å². The van der Waals surface area contributed by atoms with Gasteiger partial charge in [-0.2, -0.15) is 0 Å². The Labute approximate surface area is 157 Å². The molecule has 21 heavy (non-hydrogen) atoms. The summed E-state index contributed by atoms with van der Waals surface area (Å²) in [4.78, 5) is 10.8. The standard InChI is InChI=1S/C19H36O.Na.H/c1-3-4-5-6-7-8-9-10-11-12-13-14-15-16-17-18-19(2)20;;/h10-11H,3-9,12-18H2,1-2H3;;/q;+1;-1/b11-10-;;. The van der Waals surface area contributed by atoms with E-state index in [1.54, 1.807) is 6.92 Å². The van der Waals surface area contributed by atoms with Crippen LogP contribution in [0.2, 0.25) is 0 Å². The molecule has 0 fully saturated rings. The normalized spacial score (nSPS) is 10.8. The van der Waals surface area contributed by atoms with Crippen LogP contribution in [0.15, 0.2) is 12.2 Å². The summed E-state index contributed by atoms with van der Waals surface area (Å²) in [5.41, 5.74) is 0. The maximum atomic E-state index is 10.8. The molecule has 0 aromatic carbocycles. The van der Waals surface area contributed by atoms with Gasteiger partial charge in [0, 0.05) is 6.42 Å². The van der Waals surface area contributed by atoms with Crippen molar-refractivity contribution in [2.24, 2.45) is 0 Å². The number of allylic oxidation sites excluding steroid dienone is 2. The zero-order valence-electron chi connectivity index (χ0n) is 16.0. The number of unbranched alkanes of at least 4 members (excludes halogenated alkanes) is 11. The Hall–Kier alpha value is 0.410. The molecule has 0 aromatic heterocycles. The molecular weight excluding hydrogens is 267 g/mol. The van der Waals surface area contributed by atoms with Crippen molar-refractivity contribution in [3.8, 4) is 0 Å². The third-order valence-corrected chi connectivity index (χ3v) is 3.79. The van der Waals surface area contributed by atoms with Gasteiger partial charge in [-0.05, 0) is 39.0 Å². The molecule has 0 spiro atoms. The number of carbonyl (C=O) groups is 1. The van der Waals surface area contributed by atoms with Crippen LogP contribution in [0.5, 0.6) is 0 Å². The van der Waals surface area contributed by atoms with Crippen LogP contribution in [-0.2, 0) is 4.79 Å². The van der Waals surface area contributed by atoms with Crippen molar-refractivity contribution in [1.82, 2.24) is 0 Å². The van der Waals surface area contributed by atoms with Crippen LogP contribution in [0.4, 0.5) is 0 Å². The maximum absolute atomic E-state index is 10.8. The molecule has 0 N–H and O–H groups in total. The fourth-order valence-corrected chi connectivity index (χ4v) is 2.44. The van der Waals surface area contributed by atoms with Crippen LogP contribution in [0, 0.1) is 0 Å². The first-order valence-corrected chi connectivity index (χ1v) is 8.91. The van der Waals surface area contributed by atoms with Crippen molar-refractivity contribution in [1.29, 1.82) is 0 Å². The van der Waals surface area contributed by atoms with Gasteiger partial charge in [-0.25, -0.2) is 0 Å². The van der Waals surface area contributed by atoms with Crippen LogP contribution < -0.4 is 29.6 Å². The molecule has 0 atom stereocenters. The minimum absolute atomic E-state index is 0. The Balaban J connectivity index is -0.00000180. The average molecular weight is 304 g/mol. The molecule has 0 aliphatic heterocycles. The van der Waals surface area contributed by atoms with Crippen LogP contribution in [0.3, 0.4) is 0 Å². The van der Waals surface area contributed by atoms with Crippen molar-refractivity contribution in [2.75, 3.05) is 0 Å². The molecule has 120 valence electrons. The van der Waals surface area contributed by atoms with Crippen LogP contribution >= 0.6 is 0 Å². The number of rotatable bonds is 15. The number of carbonyl (C=O) groups excluding carboxylic acids is 1. The van der Waals surface area contributed by atoms with Gasteiger partial charge in [0.25, 0.3) is 0 Å². The van der Waals surface area contributed by atoms with E-state index in [1.807, 2.05) is 0 Å². The van der Waals surface area contributed by atoms with Gasteiger partial charge in [0.15, 0.2) is 0 Å². The van der Waals surface area contributed by atoms with E-state index < -0.39 is 0 Å². The molecule has 0 heterocycles. The Morgan fingerprint density at radius 2 is 1.19 bits per heavy atom. The van der Waals surface area contributed by atoms with Gasteiger partial charge in [0.05, 0.1) is 0 Å². The smallest absolute Gasteiger partial charge is 1.00 e. The monoisotopic (exact) mass is 304 g/mol. The van der Waals surface area contributed by atoms with E-state index in [-0.39, 0.29) is 31.0 Å². The number of ketones is 1.